The van der Waals surface area contributed by atoms with Gasteiger partial charge in [0, 0.05) is 11.1 Å². The maximum Gasteiger partial charge on any atom is 0.317 e. The minimum absolute atomic E-state index is 0.114. The van der Waals surface area contributed by atoms with Gasteiger partial charge in [-0.2, -0.15) is 0 Å². The molecular weight excluding hydrogens is 258 g/mol. The van der Waals surface area contributed by atoms with Crippen LogP contribution in [-0.2, 0) is 9.53 Å². The first-order valence-electron chi connectivity index (χ1n) is 5.13. The molecule has 0 saturated carbocycles. The number of carbonyl (C=O) groups is 1. The lowest BCUT2D eigenvalue weighted by Gasteiger charge is -1.96. The van der Waals surface area contributed by atoms with Crippen LogP contribution in [0.3, 0.4) is 0 Å². The second-order valence-electron chi connectivity index (χ2n) is 3.20. The number of carbonyl (C=O) groups excluding carboxylic acids is 1. The standard InChI is InChI=1S/C12H10ClNO4/c1-2-18-12(15)5-3-4-9-8-10(13)6-7-11(9)14(16)17/h6-8H,2,5H2,1H3. The zero-order valence-corrected chi connectivity index (χ0v) is 10.4. The minimum Gasteiger partial charge on any atom is -0.465 e. The van der Waals surface area contributed by atoms with Crippen LogP contribution in [-0.4, -0.2) is 17.5 Å². The van der Waals surface area contributed by atoms with E-state index in [2.05, 4.69) is 16.6 Å². The SMILES string of the molecule is CCOC(=O)CC#Cc1cc(Cl)ccc1[N+](=O)[O-]. The molecule has 0 aromatic heterocycles. The fourth-order valence-corrected chi connectivity index (χ4v) is 1.36. The van der Waals surface area contributed by atoms with E-state index in [1.54, 1.807) is 6.92 Å². The van der Waals surface area contributed by atoms with Gasteiger partial charge in [0.25, 0.3) is 5.69 Å². The van der Waals surface area contributed by atoms with E-state index in [-0.39, 0.29) is 24.3 Å². The minimum atomic E-state index is -0.551. The summed E-state index contributed by atoms with van der Waals surface area (Å²) < 4.78 is 4.68. The Bertz CT molecular complexity index is 531. The van der Waals surface area contributed by atoms with Crippen LogP contribution in [0, 0.1) is 22.0 Å². The van der Waals surface area contributed by atoms with Gasteiger partial charge in [-0.25, -0.2) is 0 Å². The average molecular weight is 268 g/mol. The normalized spacial score (nSPS) is 9.22. The molecule has 0 aliphatic carbocycles. The summed E-state index contributed by atoms with van der Waals surface area (Å²) in [5.41, 5.74) is 0.0348. The number of benzene rings is 1. The topological polar surface area (TPSA) is 69.4 Å². The van der Waals surface area contributed by atoms with E-state index >= 15 is 0 Å². The number of rotatable bonds is 3. The van der Waals surface area contributed by atoms with Gasteiger partial charge in [0.2, 0.25) is 0 Å². The van der Waals surface area contributed by atoms with Crippen LogP contribution in [0.2, 0.25) is 5.02 Å². The molecule has 1 aromatic carbocycles. The lowest BCUT2D eigenvalue weighted by atomic mass is 10.2. The van der Waals surface area contributed by atoms with E-state index in [4.69, 9.17) is 11.6 Å². The summed E-state index contributed by atoms with van der Waals surface area (Å²) in [6, 6.07) is 4.07. The van der Waals surface area contributed by atoms with Crippen LogP contribution in [0.1, 0.15) is 18.9 Å². The van der Waals surface area contributed by atoms with E-state index in [1.807, 2.05) is 0 Å². The molecule has 0 radical (unpaired) electrons. The van der Waals surface area contributed by atoms with Crippen LogP contribution in [0.5, 0.6) is 0 Å². The van der Waals surface area contributed by atoms with Crippen LogP contribution >= 0.6 is 11.6 Å². The molecule has 0 atom stereocenters. The van der Waals surface area contributed by atoms with Crippen molar-refractivity contribution in [3.05, 3.63) is 38.9 Å². The Balaban J connectivity index is 2.90. The van der Waals surface area contributed by atoms with Crippen LogP contribution in [0.15, 0.2) is 18.2 Å². The summed E-state index contributed by atoms with van der Waals surface area (Å²) >= 11 is 5.73. The van der Waals surface area contributed by atoms with Gasteiger partial charge >= 0.3 is 5.97 Å². The number of esters is 1. The van der Waals surface area contributed by atoms with Crippen molar-refractivity contribution in [1.82, 2.24) is 0 Å². The molecule has 0 bridgehead atoms. The summed E-state index contributed by atoms with van der Waals surface area (Å²) in [6.45, 7) is 1.96. The maximum atomic E-state index is 11.0. The summed E-state index contributed by atoms with van der Waals surface area (Å²) in [5.74, 6) is 4.61. The molecule has 94 valence electrons. The van der Waals surface area contributed by atoms with E-state index in [9.17, 15) is 14.9 Å². The zero-order valence-electron chi connectivity index (χ0n) is 9.60. The largest absolute Gasteiger partial charge is 0.465 e. The molecule has 0 N–H and O–H groups in total. The van der Waals surface area contributed by atoms with Gasteiger partial charge in [0.1, 0.15) is 12.0 Å². The zero-order chi connectivity index (χ0) is 13.5. The molecule has 0 aliphatic rings. The highest BCUT2D eigenvalue weighted by molar-refractivity contribution is 6.30. The second kappa shape index (κ2) is 6.62. The molecule has 18 heavy (non-hydrogen) atoms. The monoisotopic (exact) mass is 267 g/mol. The summed E-state index contributed by atoms with van der Waals surface area (Å²) in [6.07, 6.45) is -0.114. The Morgan fingerprint density at radius 1 is 1.56 bits per heavy atom. The lowest BCUT2D eigenvalue weighted by Crippen LogP contribution is -2.01. The summed E-state index contributed by atoms with van der Waals surface area (Å²) in [4.78, 5) is 21.2. The first-order chi connectivity index (χ1) is 8.54. The van der Waals surface area contributed by atoms with Crippen LogP contribution in [0.4, 0.5) is 5.69 Å². The predicted molar refractivity (Wildman–Crippen MR) is 66.2 cm³/mol. The molecule has 0 amide bonds. The number of halogens is 1. The molecule has 0 unspecified atom stereocenters. The van der Waals surface area contributed by atoms with Crippen molar-refractivity contribution in [2.45, 2.75) is 13.3 Å². The Morgan fingerprint density at radius 3 is 2.89 bits per heavy atom. The molecule has 0 aliphatic heterocycles. The lowest BCUT2D eigenvalue weighted by molar-refractivity contribution is -0.385. The van der Waals surface area contributed by atoms with Gasteiger partial charge in [-0.05, 0) is 19.1 Å². The Hall–Kier alpha value is -2.06. The molecule has 5 nitrogen and oxygen atoms in total. The molecular formula is C12H10ClNO4. The van der Waals surface area contributed by atoms with E-state index in [0.717, 1.165) is 0 Å². The van der Waals surface area contributed by atoms with Gasteiger partial charge in [0.05, 0.1) is 11.5 Å². The Kier molecular flexibility index (Phi) is 5.15. The van der Waals surface area contributed by atoms with E-state index < -0.39 is 10.9 Å². The van der Waals surface area contributed by atoms with Crippen LogP contribution in [0.25, 0.3) is 0 Å². The quantitative estimate of drug-likeness (QED) is 0.365. The third-order valence-electron chi connectivity index (χ3n) is 1.92. The van der Waals surface area contributed by atoms with E-state index in [1.165, 1.54) is 18.2 Å². The molecule has 0 saturated heterocycles. The average Bonchev–Trinajstić information content (AvgIpc) is 2.29. The van der Waals surface area contributed by atoms with Crippen molar-refractivity contribution < 1.29 is 14.5 Å². The predicted octanol–water partition coefficient (Wildman–Crippen LogP) is 2.55. The number of nitro benzene ring substituents is 1. The fraction of sp³-hybridized carbons (Fsp3) is 0.250. The highest BCUT2D eigenvalue weighted by Gasteiger charge is 2.11. The number of hydrogen-bond acceptors (Lipinski definition) is 4. The van der Waals surface area contributed by atoms with Gasteiger partial charge in [-0.15, -0.1) is 0 Å². The van der Waals surface area contributed by atoms with Crippen molar-refractivity contribution in [3.8, 4) is 11.8 Å². The Morgan fingerprint density at radius 2 is 2.28 bits per heavy atom. The highest BCUT2D eigenvalue weighted by atomic mass is 35.5. The van der Waals surface area contributed by atoms with Crippen molar-refractivity contribution in [1.29, 1.82) is 0 Å². The van der Waals surface area contributed by atoms with Gasteiger partial charge in [-0.3, -0.25) is 14.9 Å². The number of nitrogens with zero attached hydrogens (tertiary/aromatic N) is 1. The van der Waals surface area contributed by atoms with E-state index in [0.29, 0.717) is 5.02 Å². The second-order valence-corrected chi connectivity index (χ2v) is 3.64. The number of hydrogen-bond donors (Lipinski definition) is 0. The summed E-state index contributed by atoms with van der Waals surface area (Å²) in [5, 5.41) is 11.1. The van der Waals surface area contributed by atoms with Gasteiger partial charge < -0.3 is 4.74 Å². The maximum absolute atomic E-state index is 11.0. The highest BCUT2D eigenvalue weighted by Crippen LogP contribution is 2.21. The van der Waals surface area contributed by atoms with Crippen molar-refractivity contribution in [3.63, 3.8) is 0 Å². The third-order valence-corrected chi connectivity index (χ3v) is 2.15. The fourth-order valence-electron chi connectivity index (χ4n) is 1.19. The molecule has 0 spiro atoms. The number of ether oxygens (including phenoxy) is 1. The smallest absolute Gasteiger partial charge is 0.317 e. The van der Waals surface area contributed by atoms with Crippen molar-refractivity contribution in [2.24, 2.45) is 0 Å². The van der Waals surface area contributed by atoms with Gasteiger partial charge in [-0.1, -0.05) is 23.4 Å². The van der Waals surface area contributed by atoms with Crippen LogP contribution < -0.4 is 0 Å². The summed E-state index contributed by atoms with van der Waals surface area (Å²) in [7, 11) is 0. The molecule has 0 fully saturated rings. The molecule has 0 heterocycles. The number of nitro groups is 1. The molecule has 6 heteroatoms. The van der Waals surface area contributed by atoms with Gasteiger partial charge in [0.15, 0.2) is 0 Å². The Labute approximate surface area is 109 Å². The molecule has 1 rings (SSSR count). The first kappa shape index (κ1) is 14.0. The third kappa shape index (κ3) is 4.07. The van der Waals surface area contributed by atoms with Crippen molar-refractivity contribution >= 4 is 23.3 Å². The molecule has 1 aromatic rings. The first-order valence-corrected chi connectivity index (χ1v) is 5.50. The van der Waals surface area contributed by atoms with Crippen molar-refractivity contribution in [2.75, 3.05) is 6.61 Å².